The number of aromatic amines is 1. The molecule has 0 aliphatic carbocycles. The molecule has 0 unspecified atom stereocenters. The van der Waals surface area contributed by atoms with Crippen molar-refractivity contribution in [2.24, 2.45) is 0 Å². The molecular weight excluding hydrogens is 462 g/mol. The van der Waals surface area contributed by atoms with Crippen LogP contribution in [0.3, 0.4) is 0 Å². The van der Waals surface area contributed by atoms with Crippen molar-refractivity contribution in [1.82, 2.24) is 10.2 Å². The van der Waals surface area contributed by atoms with Gasteiger partial charge in [-0.1, -0.05) is 18.2 Å². The smallest absolute Gasteiger partial charge is 0.387 e. The number of urea groups is 1. The highest BCUT2D eigenvalue weighted by Gasteiger charge is 2.13. The molecule has 0 fully saturated rings. The second-order valence-electron chi connectivity index (χ2n) is 7.23. The zero-order valence-corrected chi connectivity index (χ0v) is 18.8. The van der Waals surface area contributed by atoms with E-state index in [1.54, 1.807) is 54.6 Å². The maximum Gasteiger partial charge on any atom is 0.387 e. The number of carbonyl (C=O) groups is 1. The molecule has 182 valence electrons. The number of amides is 2. The molecule has 3 N–H and O–H groups in total. The Kier molecular flexibility index (Phi) is 7.15. The minimum atomic E-state index is -2.92. The Labute approximate surface area is 198 Å². The lowest BCUT2D eigenvalue weighted by atomic mass is 10.2. The number of aromatic nitrogens is 2. The number of methoxy groups -OCH3 is 2. The molecule has 35 heavy (non-hydrogen) atoms. The number of para-hydroxylation sites is 1. The first-order valence-corrected chi connectivity index (χ1v) is 10.4. The predicted octanol–water partition coefficient (Wildman–Crippen LogP) is 5.40. The van der Waals surface area contributed by atoms with Crippen molar-refractivity contribution < 1.29 is 32.5 Å². The van der Waals surface area contributed by atoms with Crippen LogP contribution in [0.2, 0.25) is 0 Å². The Morgan fingerprint density at radius 1 is 0.971 bits per heavy atom. The third kappa shape index (κ3) is 5.88. The Morgan fingerprint density at radius 3 is 2.43 bits per heavy atom. The van der Waals surface area contributed by atoms with Crippen LogP contribution in [-0.4, -0.2) is 37.1 Å². The Bertz CT molecular complexity index is 1310. The highest BCUT2D eigenvalue weighted by atomic mass is 19.3. The van der Waals surface area contributed by atoms with Crippen LogP contribution < -0.4 is 29.6 Å². The molecule has 0 aliphatic rings. The average Bonchev–Trinajstić information content (AvgIpc) is 3.24. The van der Waals surface area contributed by atoms with Crippen molar-refractivity contribution in [2.75, 3.05) is 24.9 Å². The van der Waals surface area contributed by atoms with Crippen molar-refractivity contribution in [3.63, 3.8) is 0 Å². The largest absolute Gasteiger partial charge is 0.497 e. The van der Waals surface area contributed by atoms with Gasteiger partial charge in [-0.15, -0.1) is 0 Å². The van der Waals surface area contributed by atoms with Gasteiger partial charge in [0.15, 0.2) is 5.82 Å². The zero-order valence-electron chi connectivity index (χ0n) is 18.8. The van der Waals surface area contributed by atoms with Crippen LogP contribution in [-0.2, 0) is 6.61 Å². The number of hydrogen-bond donors (Lipinski definition) is 3. The van der Waals surface area contributed by atoms with Crippen LogP contribution in [0.15, 0.2) is 60.7 Å². The first kappa shape index (κ1) is 23.6. The molecule has 0 aliphatic heterocycles. The molecule has 0 bridgehead atoms. The van der Waals surface area contributed by atoms with Gasteiger partial charge in [0.1, 0.15) is 29.6 Å². The van der Waals surface area contributed by atoms with E-state index >= 15 is 0 Å². The van der Waals surface area contributed by atoms with Crippen molar-refractivity contribution >= 4 is 28.4 Å². The van der Waals surface area contributed by atoms with Crippen LogP contribution in [0, 0.1) is 0 Å². The molecule has 4 rings (SSSR count). The van der Waals surface area contributed by atoms with E-state index < -0.39 is 12.6 Å². The maximum atomic E-state index is 12.6. The molecule has 9 nitrogen and oxygen atoms in total. The van der Waals surface area contributed by atoms with Gasteiger partial charge in [-0.05, 0) is 18.2 Å². The number of ether oxygens (including phenoxy) is 4. The molecular formula is C24H22F2N4O5. The van der Waals surface area contributed by atoms with Crippen LogP contribution in [0.1, 0.15) is 5.56 Å². The number of carbonyl (C=O) groups excluding carboxylic acids is 1. The summed E-state index contributed by atoms with van der Waals surface area (Å²) in [6.07, 6.45) is 0. The molecule has 0 saturated carbocycles. The minimum absolute atomic E-state index is 0.0278. The summed E-state index contributed by atoms with van der Waals surface area (Å²) in [7, 11) is 3.03. The fraction of sp³-hybridized carbons (Fsp3) is 0.167. The van der Waals surface area contributed by atoms with Crippen LogP contribution in [0.5, 0.6) is 23.0 Å². The number of nitrogens with one attached hydrogen (secondary N) is 3. The van der Waals surface area contributed by atoms with E-state index in [0.717, 1.165) is 0 Å². The average molecular weight is 484 g/mol. The van der Waals surface area contributed by atoms with Gasteiger partial charge in [-0.2, -0.15) is 13.9 Å². The number of anilines is 2. The molecule has 0 radical (unpaired) electrons. The Balaban J connectivity index is 1.42. The minimum Gasteiger partial charge on any atom is -0.497 e. The van der Waals surface area contributed by atoms with Gasteiger partial charge in [0.25, 0.3) is 0 Å². The lowest BCUT2D eigenvalue weighted by molar-refractivity contribution is -0.0508. The third-order valence-corrected chi connectivity index (χ3v) is 4.96. The summed E-state index contributed by atoms with van der Waals surface area (Å²) in [5.41, 5.74) is 1.56. The summed E-state index contributed by atoms with van der Waals surface area (Å²) >= 11 is 0. The topological polar surface area (TPSA) is 107 Å². The molecule has 1 heterocycles. The van der Waals surface area contributed by atoms with Crippen LogP contribution >= 0.6 is 0 Å². The molecule has 4 aromatic rings. The van der Waals surface area contributed by atoms with Gasteiger partial charge in [-0.25, -0.2) is 4.79 Å². The molecule has 2 amide bonds. The van der Waals surface area contributed by atoms with Gasteiger partial charge < -0.3 is 24.3 Å². The summed E-state index contributed by atoms with van der Waals surface area (Å²) in [6, 6.07) is 16.0. The second-order valence-corrected chi connectivity index (χ2v) is 7.23. The van der Waals surface area contributed by atoms with Crippen LogP contribution in [0.25, 0.3) is 10.9 Å². The number of fused-ring (bicyclic) bond motifs is 1. The van der Waals surface area contributed by atoms with E-state index in [2.05, 4.69) is 25.6 Å². The van der Waals surface area contributed by atoms with E-state index in [-0.39, 0.29) is 12.4 Å². The Morgan fingerprint density at radius 2 is 1.71 bits per heavy atom. The zero-order chi connectivity index (χ0) is 24.8. The summed E-state index contributed by atoms with van der Waals surface area (Å²) in [4.78, 5) is 12.5. The van der Waals surface area contributed by atoms with Gasteiger partial charge in [0.05, 0.1) is 19.7 Å². The summed E-state index contributed by atoms with van der Waals surface area (Å²) in [5, 5.41) is 13.0. The molecule has 1 aromatic heterocycles. The monoisotopic (exact) mass is 484 g/mol. The summed E-state index contributed by atoms with van der Waals surface area (Å²) in [6.45, 7) is -2.90. The normalized spacial score (nSPS) is 10.8. The number of H-pyrrole nitrogens is 1. The number of rotatable bonds is 9. The summed E-state index contributed by atoms with van der Waals surface area (Å²) < 4.78 is 45.9. The predicted molar refractivity (Wildman–Crippen MR) is 126 cm³/mol. The first-order valence-electron chi connectivity index (χ1n) is 10.4. The molecule has 11 heteroatoms. The fourth-order valence-electron chi connectivity index (χ4n) is 3.33. The van der Waals surface area contributed by atoms with E-state index in [4.69, 9.17) is 14.2 Å². The van der Waals surface area contributed by atoms with Crippen LogP contribution in [0.4, 0.5) is 25.1 Å². The standard InChI is InChI=1S/C24H22F2N4O5/c1-32-17-9-15(10-18(11-17)33-2)27-24(31)28-22-19-8-7-16(12-20(19)29-30-22)34-13-14-5-3-4-6-21(14)35-23(25)26/h3-12,23H,13H2,1-2H3,(H3,27,28,29,30,31). The van der Waals surface area contributed by atoms with Crippen molar-refractivity contribution in [3.05, 3.63) is 66.2 Å². The van der Waals surface area contributed by atoms with Crippen molar-refractivity contribution in [3.8, 4) is 23.0 Å². The van der Waals surface area contributed by atoms with Gasteiger partial charge in [-0.3, -0.25) is 10.4 Å². The number of benzene rings is 3. The lowest BCUT2D eigenvalue weighted by Gasteiger charge is -2.12. The summed E-state index contributed by atoms with van der Waals surface area (Å²) in [5.74, 6) is 1.90. The van der Waals surface area contributed by atoms with Gasteiger partial charge in [0.2, 0.25) is 0 Å². The van der Waals surface area contributed by atoms with E-state index in [1.807, 2.05) is 0 Å². The van der Waals surface area contributed by atoms with Gasteiger partial charge in [0, 0.05) is 40.9 Å². The third-order valence-electron chi connectivity index (χ3n) is 4.96. The van der Waals surface area contributed by atoms with Crippen molar-refractivity contribution in [1.29, 1.82) is 0 Å². The Hall–Kier alpha value is -4.54. The lowest BCUT2D eigenvalue weighted by Crippen LogP contribution is -2.19. The van der Waals surface area contributed by atoms with E-state index in [1.165, 1.54) is 20.3 Å². The highest BCUT2D eigenvalue weighted by Crippen LogP contribution is 2.28. The molecule has 0 atom stereocenters. The number of hydrogen-bond acceptors (Lipinski definition) is 6. The molecule has 3 aromatic carbocycles. The number of halogens is 2. The molecule has 0 saturated heterocycles. The number of nitrogens with zero attached hydrogens (tertiary/aromatic N) is 1. The SMILES string of the molecule is COc1cc(NC(=O)Nc2n[nH]c3cc(OCc4ccccc4OC(F)F)ccc23)cc(OC)c1. The van der Waals surface area contributed by atoms with E-state index in [0.29, 0.717) is 45.2 Å². The van der Waals surface area contributed by atoms with E-state index in [9.17, 15) is 13.6 Å². The first-order chi connectivity index (χ1) is 16.9. The fourth-order valence-corrected chi connectivity index (χ4v) is 3.33. The number of alkyl halides is 2. The highest BCUT2D eigenvalue weighted by molar-refractivity contribution is 6.04. The van der Waals surface area contributed by atoms with Gasteiger partial charge >= 0.3 is 12.6 Å². The maximum absolute atomic E-state index is 12.6. The quantitative estimate of drug-likeness (QED) is 0.294. The molecule has 0 spiro atoms. The second kappa shape index (κ2) is 10.6. The van der Waals surface area contributed by atoms with Crippen molar-refractivity contribution in [2.45, 2.75) is 13.2 Å².